The molecule has 2 heterocycles. The Hall–Kier alpha value is -7.14. The number of aromatic nitrogens is 6. The summed E-state index contributed by atoms with van der Waals surface area (Å²) in [5.74, 6) is 0.960. The van der Waals surface area contributed by atoms with Crippen LogP contribution in [0.5, 0.6) is 17.2 Å². The number of carbonyl (C=O) groups is 2. The lowest BCUT2D eigenvalue weighted by Gasteiger charge is -2.27. The van der Waals surface area contributed by atoms with E-state index in [-0.39, 0.29) is 64.9 Å². The molecule has 19 nitrogen and oxygen atoms in total. The Balaban J connectivity index is 1.60. The molecule has 0 fully saturated rings. The number of benzene rings is 5. The molecule has 0 saturated carbocycles. The molecule has 2 aromatic heterocycles. The number of hydrogen-bond donors (Lipinski definition) is 1. The largest absolute Gasteiger partial charge is 0.497 e. The number of anilines is 1. The second kappa shape index (κ2) is 22.0. The summed E-state index contributed by atoms with van der Waals surface area (Å²) in [6, 6.07) is 28.9. The fourth-order valence-electron chi connectivity index (χ4n) is 7.97. The molecule has 0 unspecified atom stereocenters. The van der Waals surface area contributed by atoms with Crippen molar-refractivity contribution in [3.8, 4) is 39.8 Å². The van der Waals surface area contributed by atoms with Crippen LogP contribution in [0.2, 0.25) is 25.7 Å². The van der Waals surface area contributed by atoms with Crippen molar-refractivity contribution in [1.82, 2.24) is 34.1 Å². The van der Waals surface area contributed by atoms with Gasteiger partial charge in [0.2, 0.25) is 16.0 Å². The summed E-state index contributed by atoms with van der Waals surface area (Å²) in [4.78, 5) is 31.4. The summed E-state index contributed by atoms with van der Waals surface area (Å²) in [7, 11) is -6.91. The van der Waals surface area contributed by atoms with Crippen LogP contribution in [0.4, 0.5) is 15.5 Å². The number of nitrogens with one attached hydrogen (secondary N) is 1. The third-order valence-corrected chi connectivity index (χ3v) is 17.5. The van der Waals surface area contributed by atoms with Gasteiger partial charge in [0.15, 0.2) is 15.7 Å². The van der Waals surface area contributed by atoms with Gasteiger partial charge in [-0.15, -0.1) is 5.10 Å². The van der Waals surface area contributed by atoms with Crippen LogP contribution in [0.1, 0.15) is 58.2 Å². The number of methoxy groups -OCH3 is 3. The number of ether oxygens (including phenoxy) is 5. The fourth-order valence-corrected chi connectivity index (χ4v) is 14.7. The number of hydrogen-bond acceptors (Lipinski definition) is 15. The van der Waals surface area contributed by atoms with Crippen LogP contribution < -0.4 is 19.5 Å². The van der Waals surface area contributed by atoms with Gasteiger partial charge in [-0.3, -0.25) is 5.32 Å². The molecule has 75 heavy (non-hydrogen) atoms. The Labute approximate surface area is 439 Å². The highest BCUT2D eigenvalue weighted by Crippen LogP contribution is 2.45. The van der Waals surface area contributed by atoms with Gasteiger partial charge in [0.1, 0.15) is 33.3 Å². The van der Waals surface area contributed by atoms with E-state index in [0.717, 1.165) is 4.57 Å². The van der Waals surface area contributed by atoms with Gasteiger partial charge < -0.3 is 23.7 Å². The number of amides is 1. The Morgan fingerprint density at radius 2 is 1.21 bits per heavy atom. The number of imidazole rings is 1. The minimum Gasteiger partial charge on any atom is -0.497 e. The molecule has 0 saturated heterocycles. The molecule has 22 heteroatoms. The van der Waals surface area contributed by atoms with E-state index in [2.05, 4.69) is 20.8 Å². The topological polar surface area (TPSA) is 225 Å². The summed E-state index contributed by atoms with van der Waals surface area (Å²) in [6.45, 7) is 15.8. The van der Waals surface area contributed by atoms with E-state index >= 15 is 16.8 Å². The number of para-hydroxylation sites is 1. The Bertz CT molecular complexity index is 3370. The number of rotatable bonds is 18. The molecular formula is C53H64N8O11S2Si. The lowest BCUT2D eigenvalue weighted by Crippen LogP contribution is -2.32. The number of nitrogens with zero attached hydrogens (tertiary/aromatic N) is 7. The standard InChI is InChI=1S/C53H64N8O11S2Si/c1-52(2,3)71-50(62)55-49-54-46-42(14-13-15-43(46)61(49)51(63)72-53(4,5)6)41-28-29-44(73(64,65)30-31-75(10,11)12)47(45(41)48-56-57-58-60(48)34-37-20-26-40(70-9)27-21-37)74(66,67)59(32-35-16-22-38(68-7)23-17-35)33-36-18-24-39(69-8)25-19-36/h13-29H,30-34H2,1-12H3,(H,54,55,62). The predicted octanol–water partition coefficient (Wildman–Crippen LogP) is 10.1. The van der Waals surface area contributed by atoms with E-state index in [9.17, 15) is 9.59 Å². The van der Waals surface area contributed by atoms with E-state index in [1.54, 1.807) is 140 Å². The first-order chi connectivity index (χ1) is 35.2. The fraction of sp³-hybridized carbons (Fsp3) is 0.358. The zero-order valence-electron chi connectivity index (χ0n) is 44.3. The highest BCUT2D eigenvalue weighted by Gasteiger charge is 2.39. The Kier molecular flexibility index (Phi) is 16.3. The van der Waals surface area contributed by atoms with E-state index < -0.39 is 61.1 Å². The molecular weight excluding hydrogens is 1020 g/mol. The van der Waals surface area contributed by atoms with E-state index in [1.807, 2.05) is 19.6 Å². The van der Waals surface area contributed by atoms with Crippen LogP contribution in [-0.4, -0.2) is 109 Å². The first kappa shape index (κ1) is 55.6. The first-order valence-electron chi connectivity index (χ1n) is 24.0. The highest BCUT2D eigenvalue weighted by atomic mass is 32.2. The van der Waals surface area contributed by atoms with Crippen LogP contribution >= 0.6 is 0 Å². The molecule has 7 aromatic rings. The average Bonchev–Trinajstić information content (AvgIpc) is 3.96. The second-order valence-corrected chi connectivity index (χ2v) is 30.5. The molecule has 0 atom stereocenters. The van der Waals surface area contributed by atoms with Gasteiger partial charge in [-0.25, -0.2) is 40.7 Å². The summed E-state index contributed by atoms with van der Waals surface area (Å²) in [5, 5.41) is 15.6. The SMILES string of the molecule is COc1ccc(CN(Cc2ccc(OC)cc2)S(=O)(=O)c2c(S(=O)(=O)CC[Si](C)(C)C)ccc(-c3cccc4c3nc(NC(=O)OC(C)(C)C)n4C(=O)OC(C)(C)C)c2-c2nnnn2Cc2ccc(OC)cc2)cc1. The quantitative estimate of drug-likeness (QED) is 0.0789. The van der Waals surface area contributed by atoms with Crippen molar-refractivity contribution in [2.24, 2.45) is 0 Å². The van der Waals surface area contributed by atoms with Crippen LogP contribution in [0.25, 0.3) is 33.5 Å². The van der Waals surface area contributed by atoms with Gasteiger partial charge in [-0.2, -0.15) is 4.31 Å². The van der Waals surface area contributed by atoms with Crippen LogP contribution in [0.15, 0.2) is 113 Å². The summed E-state index contributed by atoms with van der Waals surface area (Å²) in [6.07, 6.45) is -1.81. The van der Waals surface area contributed by atoms with Crippen LogP contribution in [-0.2, 0) is 49.0 Å². The first-order valence-corrected chi connectivity index (χ1v) is 30.8. The average molecular weight is 1080 g/mol. The molecule has 0 radical (unpaired) electrons. The zero-order chi connectivity index (χ0) is 54.7. The Morgan fingerprint density at radius 1 is 0.680 bits per heavy atom. The third kappa shape index (κ3) is 13.4. The van der Waals surface area contributed by atoms with Gasteiger partial charge in [0, 0.05) is 26.7 Å². The minimum atomic E-state index is -5.00. The van der Waals surface area contributed by atoms with Crippen molar-refractivity contribution in [1.29, 1.82) is 0 Å². The molecule has 5 aromatic carbocycles. The van der Waals surface area contributed by atoms with Gasteiger partial charge >= 0.3 is 12.2 Å². The van der Waals surface area contributed by atoms with Crippen molar-refractivity contribution < 1.29 is 50.1 Å². The van der Waals surface area contributed by atoms with Gasteiger partial charge in [0.05, 0.1) is 55.1 Å². The maximum atomic E-state index is 16.5. The molecule has 7 rings (SSSR count). The van der Waals surface area contributed by atoms with E-state index in [0.29, 0.717) is 40.0 Å². The van der Waals surface area contributed by atoms with Gasteiger partial charge in [0.25, 0.3) is 0 Å². The van der Waals surface area contributed by atoms with Crippen molar-refractivity contribution in [2.45, 2.75) is 108 Å². The molecule has 0 aliphatic heterocycles. The molecule has 1 N–H and O–H groups in total. The monoisotopic (exact) mass is 1080 g/mol. The summed E-state index contributed by atoms with van der Waals surface area (Å²) in [5.41, 5.74) is 0.327. The third-order valence-electron chi connectivity index (χ3n) is 11.6. The smallest absolute Gasteiger partial charge is 0.421 e. The maximum absolute atomic E-state index is 16.5. The lowest BCUT2D eigenvalue weighted by molar-refractivity contribution is 0.0546. The highest BCUT2D eigenvalue weighted by molar-refractivity contribution is 7.93. The van der Waals surface area contributed by atoms with Crippen molar-refractivity contribution >= 4 is 57.1 Å². The Morgan fingerprint density at radius 3 is 1.72 bits per heavy atom. The van der Waals surface area contributed by atoms with Crippen LogP contribution in [0, 0.1) is 0 Å². The number of sulfone groups is 1. The van der Waals surface area contributed by atoms with Crippen molar-refractivity contribution in [3.05, 3.63) is 120 Å². The molecule has 0 bridgehead atoms. The molecule has 398 valence electrons. The number of carbonyl (C=O) groups excluding carboxylic acids is 2. The maximum Gasteiger partial charge on any atom is 0.421 e. The zero-order valence-corrected chi connectivity index (χ0v) is 46.9. The molecule has 0 spiro atoms. The van der Waals surface area contributed by atoms with E-state index in [1.165, 1.54) is 35.3 Å². The minimum absolute atomic E-state index is 0.000690. The van der Waals surface area contributed by atoms with Gasteiger partial charge in [-0.05, 0) is 129 Å². The van der Waals surface area contributed by atoms with Crippen molar-refractivity contribution in [3.63, 3.8) is 0 Å². The predicted molar refractivity (Wildman–Crippen MR) is 288 cm³/mol. The lowest BCUT2D eigenvalue weighted by atomic mass is 9.97. The normalized spacial score (nSPS) is 12.4. The second-order valence-electron chi connectivity index (χ2n) is 21.0. The number of fused-ring (bicyclic) bond motifs is 1. The summed E-state index contributed by atoms with van der Waals surface area (Å²) >= 11 is 0. The number of tetrazole rings is 1. The number of sulfonamides is 1. The van der Waals surface area contributed by atoms with Gasteiger partial charge in [-0.1, -0.05) is 74.2 Å². The van der Waals surface area contributed by atoms with Crippen LogP contribution in [0.3, 0.4) is 0 Å². The molecule has 1 amide bonds. The molecule has 0 aliphatic carbocycles. The molecule has 0 aliphatic rings. The van der Waals surface area contributed by atoms with Crippen molar-refractivity contribution in [2.75, 3.05) is 32.4 Å². The van der Waals surface area contributed by atoms with E-state index in [4.69, 9.17) is 28.7 Å². The summed E-state index contributed by atoms with van der Waals surface area (Å²) < 4.78 is 94.7.